The molecule has 0 bridgehead atoms. The van der Waals surface area contributed by atoms with Crippen molar-refractivity contribution in [1.29, 1.82) is 0 Å². The van der Waals surface area contributed by atoms with Gasteiger partial charge >= 0.3 is 0 Å². The molecular formula is C22H35N3O2. The molecule has 1 N–H and O–H groups in total. The molecule has 150 valence electrons. The van der Waals surface area contributed by atoms with Gasteiger partial charge in [0, 0.05) is 38.4 Å². The molecule has 1 aromatic rings. The second kappa shape index (κ2) is 10.2. The number of nitrogens with zero attached hydrogens (tertiary/aromatic N) is 2. The molecule has 3 rings (SSSR count). The smallest absolute Gasteiger partial charge is 0.254 e. The lowest BCUT2D eigenvalue weighted by Crippen LogP contribution is -2.47. The molecule has 0 saturated carbocycles. The molecule has 2 aliphatic heterocycles. The maximum atomic E-state index is 13.3. The number of carbonyl (C=O) groups excluding carboxylic acids is 1. The molecule has 0 aliphatic carbocycles. The van der Waals surface area contributed by atoms with E-state index >= 15 is 0 Å². The highest BCUT2D eigenvalue weighted by Crippen LogP contribution is 2.24. The van der Waals surface area contributed by atoms with E-state index < -0.39 is 0 Å². The first-order valence-corrected chi connectivity index (χ1v) is 10.5. The van der Waals surface area contributed by atoms with Crippen LogP contribution >= 0.6 is 0 Å². The number of benzene rings is 1. The average molecular weight is 374 g/mol. The summed E-state index contributed by atoms with van der Waals surface area (Å²) in [6.07, 6.45) is 5.47. The van der Waals surface area contributed by atoms with E-state index in [9.17, 15) is 4.79 Å². The molecule has 5 nitrogen and oxygen atoms in total. The lowest BCUT2D eigenvalue weighted by Gasteiger charge is -2.37. The monoisotopic (exact) mass is 373 g/mol. The first-order valence-electron chi connectivity index (χ1n) is 10.5. The largest absolute Gasteiger partial charge is 0.385 e. The van der Waals surface area contributed by atoms with Gasteiger partial charge in [-0.3, -0.25) is 4.79 Å². The van der Waals surface area contributed by atoms with Crippen LogP contribution in [0.5, 0.6) is 0 Å². The molecule has 0 unspecified atom stereocenters. The topological polar surface area (TPSA) is 44.8 Å². The van der Waals surface area contributed by atoms with E-state index in [1.807, 2.05) is 12.1 Å². The molecule has 2 saturated heterocycles. The Bertz CT molecular complexity index is 576. The number of rotatable bonds is 7. The quantitative estimate of drug-likeness (QED) is 0.747. The number of likely N-dealkylation sites (tertiary alicyclic amines) is 1. The number of ether oxygens (including phenoxy) is 1. The first kappa shape index (κ1) is 20.3. The maximum Gasteiger partial charge on any atom is 0.254 e. The highest BCUT2D eigenvalue weighted by molar-refractivity contribution is 5.94. The molecule has 2 fully saturated rings. The summed E-state index contributed by atoms with van der Waals surface area (Å²) in [5, 5.41) is 3.47. The van der Waals surface area contributed by atoms with Crippen molar-refractivity contribution in [3.8, 4) is 0 Å². The van der Waals surface area contributed by atoms with Gasteiger partial charge in [-0.15, -0.1) is 0 Å². The van der Waals surface area contributed by atoms with Gasteiger partial charge in [0.15, 0.2) is 0 Å². The summed E-state index contributed by atoms with van der Waals surface area (Å²) in [5.74, 6) is 0.753. The minimum atomic E-state index is 0.175. The van der Waals surface area contributed by atoms with E-state index in [1.54, 1.807) is 7.11 Å². The Morgan fingerprint density at radius 2 is 1.96 bits per heavy atom. The molecule has 1 aromatic carbocycles. The number of nitrogens with one attached hydrogen (secondary N) is 1. The molecular weight excluding hydrogens is 338 g/mol. The molecule has 1 amide bonds. The zero-order valence-electron chi connectivity index (χ0n) is 17.0. The summed E-state index contributed by atoms with van der Waals surface area (Å²) >= 11 is 0. The lowest BCUT2D eigenvalue weighted by molar-refractivity contribution is 0.0564. The van der Waals surface area contributed by atoms with Gasteiger partial charge < -0.3 is 19.9 Å². The van der Waals surface area contributed by atoms with Crippen LogP contribution < -0.4 is 5.32 Å². The van der Waals surface area contributed by atoms with Crippen molar-refractivity contribution in [1.82, 2.24) is 15.1 Å². The summed E-state index contributed by atoms with van der Waals surface area (Å²) in [6.45, 7) is 5.77. The number of hydrogen-bond acceptors (Lipinski definition) is 4. The third-order valence-corrected chi connectivity index (χ3v) is 6.06. The van der Waals surface area contributed by atoms with E-state index in [0.29, 0.717) is 18.6 Å². The van der Waals surface area contributed by atoms with Crippen LogP contribution in [-0.4, -0.2) is 75.2 Å². The highest BCUT2D eigenvalue weighted by Gasteiger charge is 2.27. The summed E-state index contributed by atoms with van der Waals surface area (Å²) in [4.78, 5) is 17.7. The van der Waals surface area contributed by atoms with Crippen molar-refractivity contribution < 1.29 is 9.53 Å². The van der Waals surface area contributed by atoms with Crippen molar-refractivity contribution in [2.75, 3.05) is 53.5 Å². The van der Waals surface area contributed by atoms with Crippen LogP contribution in [0.25, 0.3) is 0 Å². The van der Waals surface area contributed by atoms with Crippen LogP contribution in [0.4, 0.5) is 0 Å². The predicted molar refractivity (Wildman–Crippen MR) is 109 cm³/mol. The maximum absolute atomic E-state index is 13.3. The van der Waals surface area contributed by atoms with E-state index in [2.05, 4.69) is 34.3 Å². The van der Waals surface area contributed by atoms with Crippen molar-refractivity contribution >= 4 is 5.91 Å². The summed E-state index contributed by atoms with van der Waals surface area (Å²) < 4.78 is 5.21. The van der Waals surface area contributed by atoms with Gasteiger partial charge in [0.05, 0.1) is 0 Å². The molecule has 1 atom stereocenters. The number of amides is 1. The fourth-order valence-corrected chi connectivity index (χ4v) is 4.34. The molecule has 2 aliphatic rings. The summed E-state index contributed by atoms with van der Waals surface area (Å²) in [6, 6.07) is 8.72. The van der Waals surface area contributed by atoms with Gasteiger partial charge in [0.2, 0.25) is 0 Å². The third kappa shape index (κ3) is 5.53. The van der Waals surface area contributed by atoms with Crippen LogP contribution in [0.3, 0.4) is 0 Å². The minimum absolute atomic E-state index is 0.175. The van der Waals surface area contributed by atoms with Crippen molar-refractivity contribution in [3.63, 3.8) is 0 Å². The Morgan fingerprint density at radius 1 is 1.22 bits per heavy atom. The number of piperidine rings is 2. The average Bonchev–Trinajstić information content (AvgIpc) is 2.72. The number of methoxy groups -OCH3 is 1. The van der Waals surface area contributed by atoms with Gasteiger partial charge in [-0.2, -0.15) is 0 Å². The van der Waals surface area contributed by atoms with Gasteiger partial charge in [-0.05, 0) is 82.4 Å². The van der Waals surface area contributed by atoms with Crippen molar-refractivity contribution in [2.45, 2.75) is 44.1 Å². The van der Waals surface area contributed by atoms with Crippen LogP contribution in [0.2, 0.25) is 0 Å². The Kier molecular flexibility index (Phi) is 7.68. The Hall–Kier alpha value is -1.43. The minimum Gasteiger partial charge on any atom is -0.385 e. The number of hydrogen-bond donors (Lipinski definition) is 1. The van der Waals surface area contributed by atoms with Crippen molar-refractivity contribution in [2.24, 2.45) is 0 Å². The van der Waals surface area contributed by atoms with Gasteiger partial charge in [-0.25, -0.2) is 0 Å². The fourth-order valence-electron chi connectivity index (χ4n) is 4.34. The molecule has 0 radical (unpaired) electrons. The third-order valence-electron chi connectivity index (χ3n) is 6.06. The second-order valence-corrected chi connectivity index (χ2v) is 8.04. The lowest BCUT2D eigenvalue weighted by atomic mass is 9.91. The molecule has 2 heterocycles. The van der Waals surface area contributed by atoms with Crippen LogP contribution in [0.15, 0.2) is 24.3 Å². The van der Waals surface area contributed by atoms with Crippen LogP contribution in [0.1, 0.15) is 53.9 Å². The Balaban J connectivity index is 1.68. The van der Waals surface area contributed by atoms with E-state index in [1.165, 1.54) is 18.4 Å². The molecule has 0 spiro atoms. The first-order chi connectivity index (χ1) is 13.2. The van der Waals surface area contributed by atoms with E-state index in [-0.39, 0.29) is 5.91 Å². The second-order valence-electron chi connectivity index (χ2n) is 8.04. The predicted octanol–water partition coefficient (Wildman–Crippen LogP) is 2.73. The van der Waals surface area contributed by atoms with Gasteiger partial charge in [-0.1, -0.05) is 12.1 Å². The highest BCUT2D eigenvalue weighted by atomic mass is 16.5. The molecule has 5 heteroatoms. The molecule has 0 aromatic heterocycles. The van der Waals surface area contributed by atoms with E-state index in [4.69, 9.17) is 4.74 Å². The Labute approximate surface area is 164 Å². The SMILES string of the molecule is COCCCN(C(=O)c1ccc([C@@H]2CCCNC2)cc1)C1CCN(C)CC1. The van der Waals surface area contributed by atoms with Crippen LogP contribution in [0, 0.1) is 0 Å². The van der Waals surface area contributed by atoms with Crippen LogP contribution in [-0.2, 0) is 4.74 Å². The fraction of sp³-hybridized carbons (Fsp3) is 0.682. The van der Waals surface area contributed by atoms with Gasteiger partial charge in [0.25, 0.3) is 5.91 Å². The van der Waals surface area contributed by atoms with E-state index in [0.717, 1.165) is 57.5 Å². The standard InChI is InChI=1S/C22H35N3O2/c1-24-14-10-21(11-15-24)25(13-4-16-27-2)22(26)19-8-6-18(7-9-19)20-5-3-12-23-17-20/h6-9,20-21,23H,3-5,10-17H2,1-2H3/t20-/m1/s1. The molecule has 27 heavy (non-hydrogen) atoms. The van der Waals surface area contributed by atoms with Gasteiger partial charge in [0.1, 0.15) is 0 Å². The van der Waals surface area contributed by atoms with Crippen molar-refractivity contribution in [3.05, 3.63) is 35.4 Å². The zero-order chi connectivity index (χ0) is 19.1. The zero-order valence-corrected chi connectivity index (χ0v) is 17.0. The number of carbonyl (C=O) groups is 1. The summed E-state index contributed by atoms with van der Waals surface area (Å²) in [7, 11) is 3.88. The Morgan fingerprint density at radius 3 is 2.59 bits per heavy atom. The normalized spacial score (nSPS) is 21.9. The summed E-state index contributed by atoms with van der Waals surface area (Å²) in [5.41, 5.74) is 2.17.